The summed E-state index contributed by atoms with van der Waals surface area (Å²) in [5, 5.41) is 17.6. The highest BCUT2D eigenvalue weighted by Crippen LogP contribution is 2.28. The maximum absolute atomic E-state index is 12.2. The first-order valence-corrected chi connectivity index (χ1v) is 6.68. The predicted octanol–water partition coefficient (Wildman–Crippen LogP) is 1.70. The molecule has 1 unspecified atom stereocenters. The number of ketones is 1. The van der Waals surface area contributed by atoms with Crippen molar-refractivity contribution < 1.29 is 9.90 Å². The molecule has 1 heterocycles. The molecule has 2 rings (SSSR count). The highest BCUT2D eigenvalue weighted by molar-refractivity contribution is 9.10. The van der Waals surface area contributed by atoms with E-state index in [4.69, 9.17) is 0 Å². The van der Waals surface area contributed by atoms with Crippen LogP contribution in [0.3, 0.4) is 0 Å². The van der Waals surface area contributed by atoms with Gasteiger partial charge in [-0.1, -0.05) is 24.5 Å². The van der Waals surface area contributed by atoms with E-state index in [-0.39, 0.29) is 11.7 Å². The Kier molecular flexibility index (Phi) is 3.93. The van der Waals surface area contributed by atoms with Crippen LogP contribution in [0.4, 0.5) is 0 Å². The Hall–Kier alpha value is -0.750. The lowest BCUT2D eigenvalue weighted by molar-refractivity contribution is 0.0524. The van der Waals surface area contributed by atoms with Gasteiger partial charge in [0.2, 0.25) is 5.78 Å². The Balaban J connectivity index is 2.14. The lowest BCUT2D eigenvalue weighted by Crippen LogP contribution is -2.32. The molecule has 1 atom stereocenters. The van der Waals surface area contributed by atoms with Gasteiger partial charge in [0.25, 0.3) is 0 Å². The number of halogens is 1. The van der Waals surface area contributed by atoms with Gasteiger partial charge in [0.05, 0.1) is 0 Å². The van der Waals surface area contributed by atoms with Crippen LogP contribution >= 0.6 is 15.9 Å². The minimum atomic E-state index is -0.927. The van der Waals surface area contributed by atoms with Crippen LogP contribution in [0.5, 0.6) is 0 Å². The first kappa shape index (κ1) is 12.7. The number of carbonyl (C=O) groups is 1. The molecule has 0 radical (unpaired) electrons. The third kappa shape index (κ3) is 2.57. The number of hydrogen-bond donors (Lipinski definition) is 1. The highest BCUT2D eigenvalue weighted by atomic mass is 79.9. The second-order valence-corrected chi connectivity index (χ2v) is 5.31. The van der Waals surface area contributed by atoms with Crippen LogP contribution in [0.2, 0.25) is 0 Å². The second kappa shape index (κ2) is 5.27. The molecule has 6 heteroatoms. The summed E-state index contributed by atoms with van der Waals surface area (Å²) in [6.07, 6.45) is 4.32. The SMILES string of the molecule is Cn1nnc(Br)c1C(=O)C(O)C1CCCCC1. The summed E-state index contributed by atoms with van der Waals surface area (Å²) in [7, 11) is 1.65. The molecule has 1 aromatic heterocycles. The average molecular weight is 302 g/mol. The average Bonchev–Trinajstić information content (AvgIpc) is 2.68. The monoisotopic (exact) mass is 301 g/mol. The van der Waals surface area contributed by atoms with E-state index in [1.165, 1.54) is 11.1 Å². The molecule has 0 spiro atoms. The summed E-state index contributed by atoms with van der Waals surface area (Å²) in [5.74, 6) is -0.200. The number of aryl methyl sites for hydroxylation is 1. The van der Waals surface area contributed by atoms with E-state index >= 15 is 0 Å². The van der Waals surface area contributed by atoms with E-state index in [1.54, 1.807) is 7.05 Å². The van der Waals surface area contributed by atoms with E-state index in [9.17, 15) is 9.90 Å². The summed E-state index contributed by atoms with van der Waals surface area (Å²) in [6.45, 7) is 0. The van der Waals surface area contributed by atoms with Crippen LogP contribution in [0.1, 0.15) is 42.6 Å². The van der Waals surface area contributed by atoms with Crippen LogP contribution < -0.4 is 0 Å². The van der Waals surface area contributed by atoms with Gasteiger partial charge in [0.1, 0.15) is 11.8 Å². The minimum Gasteiger partial charge on any atom is -0.385 e. The van der Waals surface area contributed by atoms with Gasteiger partial charge in [-0.05, 0) is 34.7 Å². The third-order valence-electron chi connectivity index (χ3n) is 3.38. The zero-order valence-corrected chi connectivity index (χ0v) is 11.4. The summed E-state index contributed by atoms with van der Waals surface area (Å²) in [6, 6.07) is 0. The largest absolute Gasteiger partial charge is 0.385 e. The number of aromatic nitrogens is 3. The molecule has 0 aromatic carbocycles. The van der Waals surface area contributed by atoms with Gasteiger partial charge in [-0.2, -0.15) is 0 Å². The number of nitrogens with zero attached hydrogens (tertiary/aromatic N) is 3. The van der Waals surface area contributed by atoms with Gasteiger partial charge in [0.15, 0.2) is 4.60 Å². The van der Waals surface area contributed by atoms with Crippen molar-refractivity contribution in [2.24, 2.45) is 13.0 Å². The normalized spacial score (nSPS) is 19.2. The molecule has 0 amide bonds. The highest BCUT2D eigenvalue weighted by Gasteiger charge is 2.31. The van der Waals surface area contributed by atoms with Crippen molar-refractivity contribution >= 4 is 21.7 Å². The number of carbonyl (C=O) groups excluding carboxylic acids is 1. The molecule has 1 N–H and O–H groups in total. The van der Waals surface area contributed by atoms with E-state index in [0.29, 0.717) is 10.3 Å². The van der Waals surface area contributed by atoms with Crippen LogP contribution in [0.25, 0.3) is 0 Å². The van der Waals surface area contributed by atoms with E-state index in [1.807, 2.05) is 0 Å². The standard InChI is InChI=1S/C11H16BrN3O2/c1-15-8(11(12)13-14-15)10(17)9(16)7-5-3-2-4-6-7/h7,9,16H,2-6H2,1H3. The van der Waals surface area contributed by atoms with Crippen LogP contribution in [0.15, 0.2) is 4.60 Å². The smallest absolute Gasteiger partial charge is 0.212 e. The van der Waals surface area contributed by atoms with Gasteiger partial charge in [-0.15, -0.1) is 5.10 Å². The summed E-state index contributed by atoms with van der Waals surface area (Å²) in [5.41, 5.74) is 0.350. The zero-order chi connectivity index (χ0) is 12.4. The van der Waals surface area contributed by atoms with Gasteiger partial charge in [-0.25, -0.2) is 4.68 Å². The number of aliphatic hydroxyl groups excluding tert-OH is 1. The molecule has 1 fully saturated rings. The van der Waals surface area contributed by atoms with Gasteiger partial charge in [0, 0.05) is 7.05 Å². The number of aliphatic hydroxyl groups is 1. The Bertz CT molecular complexity index is 393. The van der Waals surface area contributed by atoms with Gasteiger partial charge >= 0.3 is 0 Å². The maximum atomic E-state index is 12.2. The van der Waals surface area contributed by atoms with Crippen LogP contribution in [0, 0.1) is 5.92 Å². The molecule has 94 valence electrons. The first-order valence-electron chi connectivity index (χ1n) is 5.88. The molecule has 0 saturated heterocycles. The summed E-state index contributed by atoms with van der Waals surface area (Å²) < 4.78 is 1.80. The van der Waals surface area contributed by atoms with Crippen molar-refractivity contribution in [2.75, 3.05) is 0 Å². The minimum absolute atomic E-state index is 0.0815. The lowest BCUT2D eigenvalue weighted by atomic mass is 9.83. The topological polar surface area (TPSA) is 68.0 Å². The number of hydrogen-bond acceptors (Lipinski definition) is 4. The fourth-order valence-electron chi connectivity index (χ4n) is 2.40. The molecule has 5 nitrogen and oxygen atoms in total. The van der Waals surface area contributed by atoms with Crippen molar-refractivity contribution in [1.82, 2.24) is 15.0 Å². The van der Waals surface area contributed by atoms with Crippen molar-refractivity contribution in [3.63, 3.8) is 0 Å². The Morgan fingerprint density at radius 1 is 1.47 bits per heavy atom. The van der Waals surface area contributed by atoms with Gasteiger partial charge in [-0.3, -0.25) is 4.79 Å². The summed E-state index contributed by atoms with van der Waals surface area (Å²) in [4.78, 5) is 12.2. The molecule has 0 aliphatic heterocycles. The summed E-state index contributed by atoms with van der Waals surface area (Å²) >= 11 is 3.18. The fourth-order valence-corrected chi connectivity index (χ4v) is 2.92. The van der Waals surface area contributed by atoms with E-state index in [0.717, 1.165) is 25.7 Å². The molecule has 1 aromatic rings. The van der Waals surface area contributed by atoms with Crippen molar-refractivity contribution in [3.8, 4) is 0 Å². The quantitative estimate of drug-likeness (QED) is 0.863. The van der Waals surface area contributed by atoms with Crippen LogP contribution in [-0.2, 0) is 7.05 Å². The predicted molar refractivity (Wildman–Crippen MR) is 65.6 cm³/mol. The lowest BCUT2D eigenvalue weighted by Gasteiger charge is -2.25. The maximum Gasteiger partial charge on any atom is 0.212 e. The Labute approximate surface area is 108 Å². The molecule has 1 aliphatic carbocycles. The van der Waals surface area contributed by atoms with E-state index < -0.39 is 6.10 Å². The Morgan fingerprint density at radius 3 is 2.65 bits per heavy atom. The van der Waals surface area contributed by atoms with E-state index in [2.05, 4.69) is 26.2 Å². The number of Topliss-reactive ketones (excluding diaryl/α,β-unsaturated/α-hetero) is 1. The fraction of sp³-hybridized carbons (Fsp3) is 0.727. The van der Waals surface area contributed by atoms with Crippen LogP contribution in [-0.4, -0.2) is 32.0 Å². The van der Waals surface area contributed by atoms with Crippen molar-refractivity contribution in [3.05, 3.63) is 10.3 Å². The molecule has 1 aliphatic rings. The second-order valence-electron chi connectivity index (χ2n) is 4.56. The zero-order valence-electron chi connectivity index (χ0n) is 9.77. The molecule has 1 saturated carbocycles. The Morgan fingerprint density at radius 2 is 2.12 bits per heavy atom. The molecule has 0 bridgehead atoms. The number of rotatable bonds is 3. The molecule has 17 heavy (non-hydrogen) atoms. The molecular weight excluding hydrogens is 286 g/mol. The third-order valence-corrected chi connectivity index (χ3v) is 3.92. The van der Waals surface area contributed by atoms with Crippen molar-refractivity contribution in [1.29, 1.82) is 0 Å². The van der Waals surface area contributed by atoms with Crippen molar-refractivity contribution in [2.45, 2.75) is 38.2 Å². The van der Waals surface area contributed by atoms with Gasteiger partial charge < -0.3 is 5.11 Å². The first-order chi connectivity index (χ1) is 8.11. The molecular formula is C11H16BrN3O2.